The predicted octanol–water partition coefficient (Wildman–Crippen LogP) is 0.422. The maximum atomic E-state index is 5.58. The molecule has 0 radical (unpaired) electrons. The molecule has 0 aliphatic rings. The summed E-state index contributed by atoms with van der Waals surface area (Å²) in [5.41, 5.74) is 6.24. The normalized spacial score (nSPS) is 10.8. The highest BCUT2D eigenvalue weighted by Crippen LogP contribution is 2.08. The Kier molecular flexibility index (Phi) is 4.30. The van der Waals surface area contributed by atoms with Gasteiger partial charge in [0.1, 0.15) is 6.61 Å². The van der Waals surface area contributed by atoms with Crippen LogP contribution in [0.5, 0.6) is 5.75 Å². The van der Waals surface area contributed by atoms with E-state index in [4.69, 9.17) is 10.5 Å². The molecule has 0 aromatic carbocycles. The summed E-state index contributed by atoms with van der Waals surface area (Å²) in [5, 5.41) is 12.0. The van der Waals surface area contributed by atoms with Crippen molar-refractivity contribution in [1.82, 2.24) is 24.8 Å². The van der Waals surface area contributed by atoms with Gasteiger partial charge in [0.2, 0.25) is 0 Å². The fourth-order valence-electron chi connectivity index (χ4n) is 1.57. The van der Waals surface area contributed by atoms with Gasteiger partial charge in [-0.25, -0.2) is 4.68 Å². The van der Waals surface area contributed by atoms with Crippen molar-refractivity contribution in [2.75, 3.05) is 6.61 Å². The van der Waals surface area contributed by atoms with Crippen LogP contribution in [0, 0.1) is 0 Å². The maximum absolute atomic E-state index is 5.58. The summed E-state index contributed by atoms with van der Waals surface area (Å²) in [6.45, 7) is 4.61. The predicted molar refractivity (Wildman–Crippen MR) is 65.9 cm³/mol. The first-order valence-electron chi connectivity index (χ1n) is 6.06. The lowest BCUT2D eigenvalue weighted by atomic mass is 10.5. The molecule has 0 spiro atoms. The van der Waals surface area contributed by atoms with Crippen LogP contribution in [-0.4, -0.2) is 31.4 Å². The Labute approximate surface area is 106 Å². The lowest BCUT2D eigenvalue weighted by molar-refractivity contribution is 0.289. The second-order valence-electron chi connectivity index (χ2n) is 3.96. The van der Waals surface area contributed by atoms with Gasteiger partial charge in [-0.2, -0.15) is 5.10 Å². The second-order valence-corrected chi connectivity index (χ2v) is 3.96. The summed E-state index contributed by atoms with van der Waals surface area (Å²) in [6.07, 6.45) is 6.50. The van der Waals surface area contributed by atoms with Crippen LogP contribution in [0.3, 0.4) is 0 Å². The van der Waals surface area contributed by atoms with Gasteiger partial charge in [-0.1, -0.05) is 12.1 Å². The molecule has 0 saturated carbocycles. The fraction of sp³-hybridized carbons (Fsp3) is 0.545. The molecule has 0 amide bonds. The van der Waals surface area contributed by atoms with Gasteiger partial charge in [0.25, 0.3) is 0 Å². The van der Waals surface area contributed by atoms with E-state index in [0.717, 1.165) is 24.4 Å². The van der Waals surface area contributed by atoms with Crippen molar-refractivity contribution in [3.8, 4) is 5.75 Å². The van der Waals surface area contributed by atoms with Gasteiger partial charge in [0.05, 0.1) is 24.6 Å². The van der Waals surface area contributed by atoms with Gasteiger partial charge >= 0.3 is 0 Å². The first-order chi connectivity index (χ1) is 8.81. The molecule has 18 heavy (non-hydrogen) atoms. The van der Waals surface area contributed by atoms with Gasteiger partial charge in [-0.3, -0.25) is 4.68 Å². The van der Waals surface area contributed by atoms with Crippen LogP contribution in [0.1, 0.15) is 19.0 Å². The van der Waals surface area contributed by atoms with Crippen LogP contribution in [0.4, 0.5) is 0 Å². The molecule has 98 valence electrons. The Hall–Kier alpha value is -1.89. The molecule has 7 nitrogen and oxygen atoms in total. The molecule has 0 fully saturated rings. The van der Waals surface area contributed by atoms with Crippen molar-refractivity contribution in [2.24, 2.45) is 5.73 Å². The van der Waals surface area contributed by atoms with Crippen molar-refractivity contribution in [1.29, 1.82) is 0 Å². The summed E-state index contributed by atoms with van der Waals surface area (Å²) < 4.78 is 9.17. The van der Waals surface area contributed by atoms with E-state index < -0.39 is 0 Å². The SMILES string of the molecule is CCCn1cc(OCCn2cc(CN)nn2)cn1. The Morgan fingerprint density at radius 2 is 2.17 bits per heavy atom. The van der Waals surface area contributed by atoms with Crippen molar-refractivity contribution in [2.45, 2.75) is 33.0 Å². The van der Waals surface area contributed by atoms with E-state index in [9.17, 15) is 0 Å². The van der Waals surface area contributed by atoms with Gasteiger partial charge in [-0.15, -0.1) is 5.10 Å². The Morgan fingerprint density at radius 1 is 1.28 bits per heavy atom. The van der Waals surface area contributed by atoms with E-state index in [1.54, 1.807) is 10.9 Å². The highest BCUT2D eigenvalue weighted by atomic mass is 16.5. The molecule has 2 N–H and O–H groups in total. The highest BCUT2D eigenvalue weighted by molar-refractivity contribution is 5.11. The Balaban J connectivity index is 1.77. The van der Waals surface area contributed by atoms with Crippen molar-refractivity contribution < 1.29 is 4.74 Å². The topological polar surface area (TPSA) is 83.8 Å². The standard InChI is InChI=1S/C11H18N6O/c1-2-3-16-9-11(7-13-16)18-5-4-17-8-10(6-12)14-15-17/h7-9H,2-6,12H2,1H3. The molecule has 0 aliphatic heterocycles. The summed E-state index contributed by atoms with van der Waals surface area (Å²) in [4.78, 5) is 0. The molecule has 2 rings (SSSR count). The average Bonchev–Trinajstić information content (AvgIpc) is 2.99. The Morgan fingerprint density at radius 3 is 2.89 bits per heavy atom. The van der Waals surface area contributed by atoms with Crippen molar-refractivity contribution in [3.05, 3.63) is 24.3 Å². The van der Waals surface area contributed by atoms with Gasteiger partial charge in [0.15, 0.2) is 5.75 Å². The van der Waals surface area contributed by atoms with E-state index in [2.05, 4.69) is 22.3 Å². The maximum Gasteiger partial charge on any atom is 0.157 e. The van der Waals surface area contributed by atoms with E-state index in [-0.39, 0.29) is 0 Å². The number of ether oxygens (including phenoxy) is 1. The Bertz CT molecular complexity index is 477. The van der Waals surface area contributed by atoms with Crippen LogP contribution in [0.2, 0.25) is 0 Å². The third kappa shape index (κ3) is 3.30. The number of aryl methyl sites for hydroxylation is 1. The lowest BCUT2D eigenvalue weighted by Crippen LogP contribution is -2.08. The van der Waals surface area contributed by atoms with Gasteiger partial charge in [-0.05, 0) is 6.42 Å². The third-order valence-corrected chi connectivity index (χ3v) is 2.45. The number of nitrogens with two attached hydrogens (primary N) is 1. The van der Waals surface area contributed by atoms with Crippen LogP contribution >= 0.6 is 0 Å². The summed E-state index contributed by atoms with van der Waals surface area (Å²) in [7, 11) is 0. The highest BCUT2D eigenvalue weighted by Gasteiger charge is 2.01. The van der Waals surface area contributed by atoms with E-state index >= 15 is 0 Å². The fourth-order valence-corrected chi connectivity index (χ4v) is 1.57. The number of hydrogen-bond acceptors (Lipinski definition) is 5. The van der Waals surface area contributed by atoms with Crippen molar-refractivity contribution >= 4 is 0 Å². The zero-order valence-corrected chi connectivity index (χ0v) is 10.5. The molecule has 2 aromatic heterocycles. The summed E-state index contributed by atoms with van der Waals surface area (Å²) >= 11 is 0. The minimum absolute atomic E-state index is 0.407. The molecular formula is C11H18N6O. The van der Waals surface area contributed by atoms with E-state index in [1.807, 2.05) is 17.1 Å². The third-order valence-electron chi connectivity index (χ3n) is 2.45. The smallest absolute Gasteiger partial charge is 0.157 e. The lowest BCUT2D eigenvalue weighted by Gasteiger charge is -2.02. The van der Waals surface area contributed by atoms with E-state index in [0.29, 0.717) is 19.7 Å². The molecule has 0 saturated heterocycles. The minimum atomic E-state index is 0.407. The van der Waals surface area contributed by atoms with Crippen molar-refractivity contribution in [3.63, 3.8) is 0 Å². The largest absolute Gasteiger partial charge is 0.488 e. The second kappa shape index (κ2) is 6.15. The molecular weight excluding hydrogens is 232 g/mol. The molecule has 0 bridgehead atoms. The first kappa shape index (κ1) is 12.6. The van der Waals surface area contributed by atoms with Crippen LogP contribution in [-0.2, 0) is 19.6 Å². The zero-order chi connectivity index (χ0) is 12.8. The summed E-state index contributed by atoms with van der Waals surface area (Å²) in [5.74, 6) is 0.780. The van der Waals surface area contributed by atoms with Crippen LogP contribution < -0.4 is 10.5 Å². The zero-order valence-electron chi connectivity index (χ0n) is 10.5. The molecule has 0 unspecified atom stereocenters. The van der Waals surface area contributed by atoms with Gasteiger partial charge < -0.3 is 10.5 Å². The number of rotatable bonds is 7. The van der Waals surface area contributed by atoms with Crippen LogP contribution in [0.15, 0.2) is 18.6 Å². The molecule has 2 heterocycles. The monoisotopic (exact) mass is 250 g/mol. The van der Waals surface area contributed by atoms with Gasteiger partial charge in [0, 0.05) is 19.3 Å². The first-order valence-corrected chi connectivity index (χ1v) is 6.06. The quantitative estimate of drug-likeness (QED) is 0.770. The van der Waals surface area contributed by atoms with E-state index in [1.165, 1.54) is 0 Å². The average molecular weight is 250 g/mol. The van der Waals surface area contributed by atoms with Crippen LogP contribution in [0.25, 0.3) is 0 Å². The molecule has 0 atom stereocenters. The summed E-state index contributed by atoms with van der Waals surface area (Å²) in [6, 6.07) is 0. The molecule has 0 aliphatic carbocycles. The number of aromatic nitrogens is 5. The molecule has 2 aromatic rings. The number of hydrogen-bond donors (Lipinski definition) is 1. The number of nitrogens with zero attached hydrogens (tertiary/aromatic N) is 5. The molecule has 7 heteroatoms. The minimum Gasteiger partial charge on any atom is -0.488 e.